The van der Waals surface area contributed by atoms with Gasteiger partial charge < -0.3 is 15.2 Å². The van der Waals surface area contributed by atoms with Crippen LogP contribution in [0.1, 0.15) is 33.8 Å². The molecule has 0 fully saturated rings. The van der Waals surface area contributed by atoms with Crippen LogP contribution in [-0.4, -0.2) is 79.2 Å². The van der Waals surface area contributed by atoms with E-state index < -0.39 is 39.5 Å². The Hall–Kier alpha value is -2.86. The standard InChI is InChI=1S/C14H12BrClOS.C14H12BrClS.2C12H6BrClS.C8H8BrIS.C6H6BClO2.C2H4O2.CHF3O3S.CH4.H2O2/c1-2-18(17)14-12(7-4-8-13(14)15)10-5-3-6-11(16)9-10;1-17-9-13-12(6-3-7-14(13)15)10-4-2-5-11(16)8-10;13-9-5-1-3-7-8-4-2-6-10(14)12(8)15-11(7)9;13-10-3-1-2-8-9-6-7(14)4-5-11(9)15-12(8)10;1-2-11-8-6(9)4-3-5-7(8)10;8-6-3-1-2-5(4-6)7(9)10;1-2(3)4;2-1(3,4)8(5,6)7;;1-2/h3-9H,2H2,1H3;2-8H,9H2,1H3;2*1-6H;3-5H,2H2,1H3;1-4,9-10H;1H3,(H,3,4);(H,5,6,7);1H4;1-2H. The molecule has 10 nitrogen and oxygen atoms in total. The Kier molecular flexibility index (Phi) is 42.4. The van der Waals surface area contributed by atoms with Gasteiger partial charge in [-0.2, -0.15) is 33.4 Å². The molecule has 12 rings (SSSR count). The highest BCUT2D eigenvalue weighted by molar-refractivity contribution is 14.1. The van der Waals surface area contributed by atoms with Gasteiger partial charge in [-0.25, -0.2) is 0 Å². The SMILES string of the molecule is C.CC(=O)O.CCS(=O)c1c(Br)cccc1-c1cccc(Cl)c1.CCSc1c(Br)cccc1I.CSCc1c(Br)cccc1-c1cccc(Cl)c1.Clc1ccc2sc3c(Br)cccc3c2c1.Clc1cccc2c1sc1c(Br)cccc12.O=S(=O)(O)C(F)(F)F.OB(O)c1cccc(Cl)c1.OO. The van der Waals surface area contributed by atoms with E-state index in [2.05, 4.69) is 206 Å². The normalized spacial score (nSPS) is 10.8. The molecule has 0 bridgehead atoms. The second kappa shape index (κ2) is 46.4. The first-order chi connectivity index (χ1) is 47.3. The average molecular weight is 2030 g/mol. The van der Waals surface area contributed by atoms with Crippen molar-refractivity contribution in [2.75, 3.05) is 17.8 Å². The van der Waals surface area contributed by atoms with Crippen LogP contribution in [0.2, 0.25) is 25.1 Å². The van der Waals surface area contributed by atoms with Crippen LogP contribution in [-0.2, 0) is 31.5 Å². The maximum absolute atomic E-state index is 12.2. The Morgan fingerprint density at radius 3 is 1.50 bits per heavy atom. The number of rotatable bonds is 9. The monoisotopic (exact) mass is 2020 g/mol. The first-order valence-corrected chi connectivity index (χ1v) is 42.1. The molecule has 10 aromatic carbocycles. The minimum absolute atomic E-state index is 0. The fourth-order valence-corrected chi connectivity index (χ4v) is 18.9. The van der Waals surface area contributed by atoms with Gasteiger partial charge in [-0.1, -0.05) is 198 Å². The first kappa shape index (κ1) is 92.4. The van der Waals surface area contributed by atoms with Crippen molar-refractivity contribution in [2.45, 2.75) is 49.3 Å². The highest BCUT2D eigenvalue weighted by Crippen LogP contribution is 2.42. The summed E-state index contributed by atoms with van der Waals surface area (Å²) >= 11 is 57.1. The molecule has 101 heavy (non-hydrogen) atoms. The molecule has 0 radical (unpaired) electrons. The van der Waals surface area contributed by atoms with Crippen molar-refractivity contribution in [3.05, 3.63) is 257 Å². The fraction of sp³-hybridized carbons (Fsp3) is 0.129. The van der Waals surface area contributed by atoms with Crippen LogP contribution in [0.3, 0.4) is 0 Å². The smallest absolute Gasteiger partial charge is 0.481 e. The van der Waals surface area contributed by atoms with Crippen molar-refractivity contribution in [2.24, 2.45) is 0 Å². The van der Waals surface area contributed by atoms with Crippen molar-refractivity contribution in [1.29, 1.82) is 0 Å². The molecule has 0 aliphatic rings. The van der Waals surface area contributed by atoms with Gasteiger partial charge in [0.2, 0.25) is 0 Å². The van der Waals surface area contributed by atoms with Gasteiger partial charge in [0, 0.05) is 105 Å². The second-order valence-electron chi connectivity index (χ2n) is 19.5. The Balaban J connectivity index is 0.000000306. The largest absolute Gasteiger partial charge is 0.522 e. The molecule has 12 aromatic rings. The van der Waals surface area contributed by atoms with Gasteiger partial charge in [-0.15, -0.1) is 34.4 Å². The van der Waals surface area contributed by atoms with Crippen LogP contribution in [0.4, 0.5) is 13.2 Å². The van der Waals surface area contributed by atoms with Crippen LogP contribution >= 0.6 is 206 Å². The number of fused-ring (bicyclic) bond motifs is 6. The molecule has 1 atom stereocenters. The van der Waals surface area contributed by atoms with Crippen LogP contribution in [0.5, 0.6) is 0 Å². The summed E-state index contributed by atoms with van der Waals surface area (Å²) in [6.45, 7) is 5.16. The highest BCUT2D eigenvalue weighted by atomic mass is 127. The van der Waals surface area contributed by atoms with Gasteiger partial charge in [-0.05, 0) is 229 Å². The summed E-state index contributed by atoms with van der Waals surface area (Å²) in [6.07, 6.45) is 2.11. The van der Waals surface area contributed by atoms with E-state index >= 15 is 0 Å². The third-order valence-corrected chi connectivity index (χ3v) is 25.8. The molecule has 0 amide bonds. The number of alkyl halides is 3. The topological polar surface area (TPSA) is 190 Å². The molecule has 6 N–H and O–H groups in total. The maximum Gasteiger partial charge on any atom is 0.522 e. The Morgan fingerprint density at radius 2 is 1.01 bits per heavy atom. The maximum atomic E-state index is 12.2. The van der Waals surface area contributed by atoms with Crippen LogP contribution < -0.4 is 5.46 Å². The molecule has 538 valence electrons. The summed E-state index contributed by atoms with van der Waals surface area (Å²) in [5.74, 6) is 1.87. The number of carboxylic acids is 1. The summed E-state index contributed by atoms with van der Waals surface area (Å²) < 4.78 is 81.5. The lowest BCUT2D eigenvalue weighted by Crippen LogP contribution is -2.29. The molecule has 2 aromatic heterocycles. The van der Waals surface area contributed by atoms with Crippen molar-refractivity contribution in [1.82, 2.24) is 0 Å². The lowest BCUT2D eigenvalue weighted by Gasteiger charge is -2.11. The van der Waals surface area contributed by atoms with Crippen molar-refractivity contribution in [3.8, 4) is 22.3 Å². The zero-order valence-electron chi connectivity index (χ0n) is 52.3. The summed E-state index contributed by atoms with van der Waals surface area (Å²) in [7, 11) is -8.28. The predicted octanol–water partition coefficient (Wildman–Crippen LogP) is 26.8. The zero-order valence-corrected chi connectivity index (χ0v) is 71.1. The highest BCUT2D eigenvalue weighted by Gasteiger charge is 2.44. The van der Waals surface area contributed by atoms with Gasteiger partial charge in [-0.3, -0.25) is 24.1 Å². The third kappa shape index (κ3) is 29.3. The lowest BCUT2D eigenvalue weighted by atomic mass is 9.81. The van der Waals surface area contributed by atoms with Crippen molar-refractivity contribution in [3.63, 3.8) is 0 Å². The van der Waals surface area contributed by atoms with Gasteiger partial charge >= 0.3 is 22.7 Å². The number of hydrogen-bond acceptors (Lipinski definition) is 12. The third-order valence-electron chi connectivity index (χ3n) is 12.6. The van der Waals surface area contributed by atoms with E-state index in [9.17, 15) is 17.4 Å². The van der Waals surface area contributed by atoms with Crippen LogP contribution in [0.25, 0.3) is 62.6 Å². The van der Waals surface area contributed by atoms with Crippen molar-refractivity contribution >= 4 is 286 Å². The fourth-order valence-electron chi connectivity index (χ4n) is 8.46. The van der Waals surface area contributed by atoms with E-state index in [1.54, 1.807) is 40.9 Å². The molecule has 31 heteroatoms. The summed E-state index contributed by atoms with van der Waals surface area (Å²) in [5, 5.41) is 45.3. The minimum Gasteiger partial charge on any atom is -0.481 e. The van der Waals surface area contributed by atoms with Crippen LogP contribution in [0.15, 0.2) is 232 Å². The average Bonchev–Trinajstić information content (AvgIpc) is 1.62. The summed E-state index contributed by atoms with van der Waals surface area (Å²) in [6, 6.07) is 65.0. The minimum atomic E-state index is -5.84. The van der Waals surface area contributed by atoms with E-state index in [4.69, 9.17) is 101 Å². The molecule has 2 heterocycles. The van der Waals surface area contributed by atoms with Crippen molar-refractivity contribution < 1.29 is 60.8 Å². The van der Waals surface area contributed by atoms with E-state index in [1.165, 1.54) is 76.0 Å². The van der Waals surface area contributed by atoms with E-state index in [1.807, 2.05) is 115 Å². The Bertz CT molecular complexity index is 4730. The number of thiophene rings is 2. The van der Waals surface area contributed by atoms with E-state index in [0.717, 1.165) is 67.4 Å². The molecular weight excluding hydrogens is 1960 g/mol. The van der Waals surface area contributed by atoms with Gasteiger partial charge in [0.15, 0.2) is 0 Å². The first-order valence-electron chi connectivity index (χ1n) is 28.4. The van der Waals surface area contributed by atoms with Gasteiger partial charge in [0.1, 0.15) is 0 Å². The van der Waals surface area contributed by atoms with E-state index in [-0.39, 0.29) is 7.43 Å². The predicted molar refractivity (Wildman–Crippen MR) is 455 cm³/mol. The summed E-state index contributed by atoms with van der Waals surface area (Å²) in [5.41, 5.74) is 0.564. The molecule has 0 aliphatic heterocycles. The Labute approximate surface area is 684 Å². The number of carbonyl (C=O) groups is 1. The number of halogens is 14. The number of thioether (sulfide) groups is 2. The molecule has 1 unspecified atom stereocenters. The summed E-state index contributed by atoms with van der Waals surface area (Å²) in [4.78, 5) is 11.2. The quantitative estimate of drug-likeness (QED) is 0.0153. The number of benzene rings is 10. The lowest BCUT2D eigenvalue weighted by molar-refractivity contribution is -0.176. The molecular formula is C70H61BBr5Cl5F3IO10S6. The second-order valence-corrected chi connectivity index (χ2v) is 34.4. The van der Waals surface area contributed by atoms with Gasteiger partial charge in [0.05, 0.1) is 25.4 Å². The molecule has 0 saturated heterocycles. The van der Waals surface area contributed by atoms with E-state index in [0.29, 0.717) is 21.3 Å². The number of carboxylic acid groups (broad SMARTS) is 1. The molecule has 0 spiro atoms. The zero-order chi connectivity index (χ0) is 74.6. The Morgan fingerprint density at radius 1 is 0.584 bits per heavy atom. The molecule has 0 saturated carbocycles. The van der Waals surface area contributed by atoms with Gasteiger partial charge in [0.25, 0.3) is 5.97 Å². The molecule has 0 aliphatic carbocycles. The number of hydrogen-bond donors (Lipinski definition) is 6. The number of aliphatic carboxylic acids is 1. The van der Waals surface area contributed by atoms with Crippen LogP contribution in [0, 0.1) is 3.57 Å².